The number of unbranched alkanes of at least 4 members (excludes halogenated alkanes) is 15. The number of ether oxygens (including phenoxy) is 2. The van der Waals surface area contributed by atoms with Crippen LogP contribution in [-0.4, -0.2) is 36.4 Å². The molecule has 0 aromatic carbocycles. The summed E-state index contributed by atoms with van der Waals surface area (Å²) in [5.41, 5.74) is 0. The minimum absolute atomic E-state index is 0.0738. The maximum absolute atomic E-state index is 12.2. The first-order chi connectivity index (χ1) is 24.1. The number of allylic oxidation sites excluding steroid dienone is 12. The average molecular weight is 683 g/mol. The van der Waals surface area contributed by atoms with E-state index in [4.69, 9.17) is 9.47 Å². The van der Waals surface area contributed by atoms with E-state index in [-0.39, 0.29) is 25.2 Å². The van der Waals surface area contributed by atoms with Gasteiger partial charge >= 0.3 is 11.9 Å². The van der Waals surface area contributed by atoms with Crippen LogP contribution in [0.1, 0.15) is 174 Å². The van der Waals surface area contributed by atoms with Crippen LogP contribution in [0.3, 0.4) is 0 Å². The molecule has 0 heterocycles. The Hall–Kier alpha value is -2.66. The van der Waals surface area contributed by atoms with Gasteiger partial charge in [0.2, 0.25) is 0 Å². The quantitative estimate of drug-likeness (QED) is 0.0409. The number of aliphatic hydroxyl groups excluding tert-OH is 1. The molecule has 280 valence electrons. The molecule has 0 spiro atoms. The molecule has 0 saturated carbocycles. The van der Waals surface area contributed by atoms with Crippen LogP contribution in [0, 0.1) is 0 Å². The van der Waals surface area contributed by atoms with Crippen LogP contribution < -0.4 is 0 Å². The SMILES string of the molecule is CC/C=C\C/C=C\C/C=C\C/C=C\C/C=C\C/C=C\CCCCCCCCC(=O)OC(CO)COC(=O)CCCCCCCCCCCC. The highest BCUT2D eigenvalue weighted by molar-refractivity contribution is 5.70. The van der Waals surface area contributed by atoms with Crippen molar-refractivity contribution in [2.45, 2.75) is 180 Å². The maximum atomic E-state index is 12.2. The van der Waals surface area contributed by atoms with Gasteiger partial charge in [0, 0.05) is 12.8 Å². The number of hydrogen-bond donors (Lipinski definition) is 1. The highest BCUT2D eigenvalue weighted by Crippen LogP contribution is 2.13. The molecule has 0 saturated heterocycles. The molecule has 0 radical (unpaired) electrons. The minimum atomic E-state index is -0.779. The van der Waals surface area contributed by atoms with Gasteiger partial charge in [-0.05, 0) is 64.2 Å². The molecule has 0 aromatic heterocycles. The molecule has 49 heavy (non-hydrogen) atoms. The van der Waals surface area contributed by atoms with Gasteiger partial charge in [0.1, 0.15) is 6.61 Å². The summed E-state index contributed by atoms with van der Waals surface area (Å²) in [6.45, 7) is 3.98. The lowest BCUT2D eigenvalue weighted by atomic mass is 10.1. The molecule has 1 atom stereocenters. The monoisotopic (exact) mass is 683 g/mol. The molecule has 0 aliphatic carbocycles. The number of aliphatic hydroxyl groups is 1. The second kappa shape index (κ2) is 39.8. The fourth-order valence-electron chi connectivity index (χ4n) is 5.26. The van der Waals surface area contributed by atoms with E-state index in [2.05, 4.69) is 86.8 Å². The molecule has 5 nitrogen and oxygen atoms in total. The summed E-state index contributed by atoms with van der Waals surface area (Å²) in [5, 5.41) is 9.53. The molecule has 0 aliphatic heterocycles. The van der Waals surface area contributed by atoms with Gasteiger partial charge in [-0.2, -0.15) is 0 Å². The summed E-state index contributed by atoms with van der Waals surface area (Å²) in [6, 6.07) is 0. The van der Waals surface area contributed by atoms with Gasteiger partial charge in [-0.25, -0.2) is 0 Å². The van der Waals surface area contributed by atoms with Crippen molar-refractivity contribution in [1.82, 2.24) is 0 Å². The highest BCUT2D eigenvalue weighted by Gasteiger charge is 2.16. The Morgan fingerprint density at radius 1 is 0.490 bits per heavy atom. The molecule has 0 rings (SSSR count). The van der Waals surface area contributed by atoms with E-state index in [9.17, 15) is 14.7 Å². The van der Waals surface area contributed by atoms with Crippen molar-refractivity contribution in [2.75, 3.05) is 13.2 Å². The van der Waals surface area contributed by atoms with Crippen LogP contribution in [0.25, 0.3) is 0 Å². The largest absolute Gasteiger partial charge is 0.462 e. The van der Waals surface area contributed by atoms with E-state index in [0.717, 1.165) is 83.5 Å². The lowest BCUT2D eigenvalue weighted by Crippen LogP contribution is -2.28. The Kier molecular flexibility index (Phi) is 37.6. The third-order valence-corrected chi connectivity index (χ3v) is 8.26. The first kappa shape index (κ1) is 46.3. The van der Waals surface area contributed by atoms with Crippen molar-refractivity contribution in [3.05, 3.63) is 72.9 Å². The lowest BCUT2D eigenvalue weighted by Gasteiger charge is -2.15. The van der Waals surface area contributed by atoms with Gasteiger partial charge < -0.3 is 14.6 Å². The topological polar surface area (TPSA) is 72.8 Å². The summed E-state index contributed by atoms with van der Waals surface area (Å²) in [7, 11) is 0. The first-order valence-corrected chi connectivity index (χ1v) is 20.0. The molecule has 0 fully saturated rings. The maximum Gasteiger partial charge on any atom is 0.306 e. The Labute approximate surface area is 302 Å². The first-order valence-electron chi connectivity index (χ1n) is 20.0. The normalized spacial score (nSPS) is 13.0. The third-order valence-electron chi connectivity index (χ3n) is 8.26. The van der Waals surface area contributed by atoms with Gasteiger partial charge in [-0.15, -0.1) is 0 Å². The summed E-state index contributed by atoms with van der Waals surface area (Å²) in [4.78, 5) is 24.2. The molecule has 0 aliphatic rings. The standard InChI is InChI=1S/C44H74O5/c1-3-5-7-9-11-13-15-16-17-18-19-20-21-22-23-24-25-26-27-28-29-31-33-35-37-39-44(47)49-42(40-45)41-48-43(46)38-36-34-32-30-14-12-10-8-6-4-2/h5,7,11,13,16-17,19-20,22-23,25-26,42,45H,3-4,6,8-10,12,14-15,18,21,24,27-41H2,1-2H3/b7-5-,13-11-,17-16-,20-19-,23-22-,26-25-. The average Bonchev–Trinajstić information content (AvgIpc) is 3.10. The second-order valence-electron chi connectivity index (χ2n) is 13.0. The molecule has 5 heteroatoms. The van der Waals surface area contributed by atoms with Crippen LogP contribution in [0.2, 0.25) is 0 Å². The number of esters is 2. The minimum Gasteiger partial charge on any atom is -0.462 e. The van der Waals surface area contributed by atoms with E-state index >= 15 is 0 Å². The van der Waals surface area contributed by atoms with Crippen molar-refractivity contribution in [1.29, 1.82) is 0 Å². The van der Waals surface area contributed by atoms with Crippen molar-refractivity contribution in [3.63, 3.8) is 0 Å². The van der Waals surface area contributed by atoms with Gasteiger partial charge in [0.05, 0.1) is 6.61 Å². The van der Waals surface area contributed by atoms with E-state index in [0.29, 0.717) is 12.8 Å². The summed E-state index contributed by atoms with van der Waals surface area (Å²) < 4.78 is 10.6. The third kappa shape index (κ3) is 38.0. The van der Waals surface area contributed by atoms with Gasteiger partial charge in [0.25, 0.3) is 0 Å². The van der Waals surface area contributed by atoms with Gasteiger partial charge in [0.15, 0.2) is 6.10 Å². The molecular weight excluding hydrogens is 608 g/mol. The zero-order valence-electron chi connectivity index (χ0n) is 31.7. The number of carbonyl (C=O) groups excluding carboxylic acids is 2. The van der Waals surface area contributed by atoms with Gasteiger partial charge in [-0.1, -0.05) is 170 Å². The van der Waals surface area contributed by atoms with Crippen molar-refractivity contribution < 1.29 is 24.2 Å². The van der Waals surface area contributed by atoms with E-state index in [1.165, 1.54) is 64.2 Å². The molecule has 0 amide bonds. The summed E-state index contributed by atoms with van der Waals surface area (Å²) in [6.07, 6.45) is 52.5. The van der Waals surface area contributed by atoms with Crippen LogP contribution in [0.15, 0.2) is 72.9 Å². The lowest BCUT2D eigenvalue weighted by molar-refractivity contribution is -0.161. The summed E-state index contributed by atoms with van der Waals surface area (Å²) >= 11 is 0. The fraction of sp³-hybridized carbons (Fsp3) is 0.682. The van der Waals surface area contributed by atoms with Crippen LogP contribution in [-0.2, 0) is 19.1 Å². The number of rotatable bonds is 35. The molecule has 0 bridgehead atoms. The Balaban J connectivity index is 3.62. The van der Waals surface area contributed by atoms with Crippen molar-refractivity contribution >= 4 is 11.9 Å². The van der Waals surface area contributed by atoms with E-state index < -0.39 is 6.10 Å². The predicted octanol–water partition coefficient (Wildman–Crippen LogP) is 12.6. The molecular formula is C44H74O5. The highest BCUT2D eigenvalue weighted by atomic mass is 16.6. The Morgan fingerprint density at radius 3 is 1.33 bits per heavy atom. The van der Waals surface area contributed by atoms with Crippen LogP contribution in [0.5, 0.6) is 0 Å². The van der Waals surface area contributed by atoms with Crippen molar-refractivity contribution in [3.8, 4) is 0 Å². The van der Waals surface area contributed by atoms with Gasteiger partial charge in [-0.3, -0.25) is 9.59 Å². The molecule has 1 N–H and O–H groups in total. The predicted molar refractivity (Wildman–Crippen MR) is 210 cm³/mol. The Bertz CT molecular complexity index is 910. The fourth-order valence-corrected chi connectivity index (χ4v) is 5.26. The molecule has 1 unspecified atom stereocenters. The number of hydrogen-bond acceptors (Lipinski definition) is 5. The van der Waals surface area contributed by atoms with Crippen LogP contribution >= 0.6 is 0 Å². The smallest absolute Gasteiger partial charge is 0.306 e. The summed E-state index contributed by atoms with van der Waals surface area (Å²) in [5.74, 6) is -0.614. The second-order valence-corrected chi connectivity index (χ2v) is 13.0. The van der Waals surface area contributed by atoms with E-state index in [1.54, 1.807) is 0 Å². The van der Waals surface area contributed by atoms with Crippen LogP contribution in [0.4, 0.5) is 0 Å². The van der Waals surface area contributed by atoms with E-state index in [1.807, 2.05) is 0 Å². The zero-order chi connectivity index (χ0) is 35.7. The Morgan fingerprint density at radius 2 is 0.878 bits per heavy atom. The molecule has 0 aromatic rings. The number of carbonyl (C=O) groups is 2. The zero-order valence-corrected chi connectivity index (χ0v) is 31.7. The van der Waals surface area contributed by atoms with Crippen molar-refractivity contribution in [2.24, 2.45) is 0 Å².